The lowest BCUT2D eigenvalue weighted by Crippen LogP contribution is -2.09. The molecule has 0 unspecified atom stereocenters. The molecule has 0 heterocycles. The molecule has 0 fully saturated rings. The summed E-state index contributed by atoms with van der Waals surface area (Å²) in [4.78, 5) is 0.659. The van der Waals surface area contributed by atoms with Gasteiger partial charge in [-0.2, -0.15) is 0 Å². The zero-order valence-electron chi connectivity index (χ0n) is 9.47. The zero-order chi connectivity index (χ0) is 11.6. The Hall–Kier alpha value is -0.570. The van der Waals surface area contributed by atoms with Gasteiger partial charge in [0.1, 0.15) is 0 Å². The van der Waals surface area contributed by atoms with Crippen molar-refractivity contribution in [2.45, 2.75) is 37.5 Å². The fourth-order valence-electron chi connectivity index (χ4n) is 1.43. The van der Waals surface area contributed by atoms with Crippen molar-refractivity contribution < 1.29 is 8.78 Å². The van der Waals surface area contributed by atoms with E-state index in [-0.39, 0.29) is 11.5 Å². The van der Waals surface area contributed by atoms with Gasteiger partial charge < -0.3 is 0 Å². The van der Waals surface area contributed by atoms with Gasteiger partial charge in [-0.15, -0.1) is 11.8 Å². The molecule has 0 aromatic heterocycles. The van der Waals surface area contributed by atoms with E-state index < -0.39 is 5.92 Å². The van der Waals surface area contributed by atoms with Crippen LogP contribution in [0.25, 0.3) is 0 Å². The summed E-state index contributed by atoms with van der Waals surface area (Å²) in [5.74, 6) is -2.48. The van der Waals surface area contributed by atoms with Crippen LogP contribution in [0.15, 0.2) is 23.1 Å². The van der Waals surface area contributed by atoms with Crippen LogP contribution >= 0.6 is 11.8 Å². The number of halogens is 2. The molecule has 0 saturated carbocycles. The summed E-state index contributed by atoms with van der Waals surface area (Å²) in [5.41, 5.74) is 1.10. The van der Waals surface area contributed by atoms with Gasteiger partial charge in [0.2, 0.25) is 0 Å². The lowest BCUT2D eigenvalue weighted by molar-refractivity contribution is 0.0146. The number of hydrogen-bond acceptors (Lipinski definition) is 1. The van der Waals surface area contributed by atoms with Gasteiger partial charge in [-0.25, -0.2) is 8.78 Å². The van der Waals surface area contributed by atoms with Crippen LogP contribution in [0, 0.1) is 0 Å². The molecular weight excluding hydrogens is 214 g/mol. The summed E-state index contributed by atoms with van der Waals surface area (Å²) < 4.78 is 26.7. The molecule has 84 valence electrons. The highest BCUT2D eigenvalue weighted by Gasteiger charge is 2.27. The Morgan fingerprint density at radius 3 is 2.27 bits per heavy atom. The van der Waals surface area contributed by atoms with Crippen LogP contribution in [0.4, 0.5) is 8.78 Å². The monoisotopic (exact) mass is 230 g/mol. The van der Waals surface area contributed by atoms with Crippen molar-refractivity contribution in [2.75, 3.05) is 6.26 Å². The van der Waals surface area contributed by atoms with Gasteiger partial charge in [0, 0.05) is 17.4 Å². The SMILES string of the molecule is CSc1ccc(C(C)C)cc1C(C)(F)F. The predicted molar refractivity (Wildman–Crippen MR) is 61.9 cm³/mol. The van der Waals surface area contributed by atoms with E-state index in [1.165, 1.54) is 11.8 Å². The topological polar surface area (TPSA) is 0 Å². The van der Waals surface area contributed by atoms with Crippen molar-refractivity contribution in [2.24, 2.45) is 0 Å². The molecule has 15 heavy (non-hydrogen) atoms. The zero-order valence-corrected chi connectivity index (χ0v) is 10.3. The van der Waals surface area contributed by atoms with Crippen molar-refractivity contribution in [1.82, 2.24) is 0 Å². The molecule has 1 aromatic carbocycles. The molecule has 0 aliphatic rings. The molecule has 0 atom stereocenters. The molecule has 1 rings (SSSR count). The molecule has 0 nitrogen and oxygen atoms in total. The molecule has 0 saturated heterocycles. The predicted octanol–water partition coefficient (Wildman–Crippen LogP) is 4.64. The van der Waals surface area contributed by atoms with Crippen LogP contribution in [-0.2, 0) is 5.92 Å². The van der Waals surface area contributed by atoms with Crippen molar-refractivity contribution in [3.8, 4) is 0 Å². The first-order valence-corrected chi connectivity index (χ1v) is 6.15. The van der Waals surface area contributed by atoms with E-state index in [1.807, 2.05) is 26.2 Å². The fraction of sp³-hybridized carbons (Fsp3) is 0.500. The van der Waals surface area contributed by atoms with E-state index in [4.69, 9.17) is 0 Å². The minimum atomic E-state index is -2.76. The summed E-state index contributed by atoms with van der Waals surface area (Å²) in [6.45, 7) is 4.96. The van der Waals surface area contributed by atoms with Crippen molar-refractivity contribution in [3.63, 3.8) is 0 Å². The van der Waals surface area contributed by atoms with Gasteiger partial charge >= 0.3 is 0 Å². The maximum Gasteiger partial charge on any atom is 0.271 e. The Kier molecular flexibility index (Phi) is 3.77. The summed E-state index contributed by atoms with van der Waals surface area (Å²) in [5, 5.41) is 0. The molecule has 3 heteroatoms. The lowest BCUT2D eigenvalue weighted by Gasteiger charge is -2.17. The number of rotatable bonds is 3. The van der Waals surface area contributed by atoms with Crippen molar-refractivity contribution in [1.29, 1.82) is 0 Å². The molecule has 0 bridgehead atoms. The highest BCUT2D eigenvalue weighted by atomic mass is 32.2. The van der Waals surface area contributed by atoms with E-state index in [0.29, 0.717) is 4.90 Å². The normalized spacial score (nSPS) is 12.2. The first-order chi connectivity index (χ1) is 6.86. The molecule has 1 aromatic rings. The summed E-state index contributed by atoms with van der Waals surface area (Å²) in [6.07, 6.45) is 1.82. The standard InChI is InChI=1S/C12H16F2S/c1-8(2)9-5-6-11(15-4)10(7-9)12(3,13)14/h5-8H,1-4H3. The van der Waals surface area contributed by atoms with E-state index >= 15 is 0 Å². The smallest absolute Gasteiger partial charge is 0.202 e. The van der Waals surface area contributed by atoms with E-state index in [0.717, 1.165) is 12.5 Å². The highest BCUT2D eigenvalue weighted by Crippen LogP contribution is 2.36. The molecule has 0 aliphatic carbocycles. The van der Waals surface area contributed by atoms with E-state index in [9.17, 15) is 8.78 Å². The first-order valence-electron chi connectivity index (χ1n) is 4.92. The van der Waals surface area contributed by atoms with Crippen molar-refractivity contribution >= 4 is 11.8 Å². The minimum absolute atomic E-state index is 0.140. The molecule has 0 N–H and O–H groups in total. The van der Waals surface area contributed by atoms with Gasteiger partial charge in [0.15, 0.2) is 0 Å². The van der Waals surface area contributed by atoms with Crippen LogP contribution in [0.3, 0.4) is 0 Å². The molecule has 0 spiro atoms. The van der Waals surface area contributed by atoms with Gasteiger partial charge in [-0.3, -0.25) is 0 Å². The number of benzene rings is 1. The fourth-order valence-corrected chi connectivity index (χ4v) is 2.09. The van der Waals surface area contributed by atoms with Crippen LogP contribution in [0.5, 0.6) is 0 Å². The van der Waals surface area contributed by atoms with Crippen LogP contribution in [0.2, 0.25) is 0 Å². The molecule has 0 aliphatic heterocycles. The third kappa shape index (κ3) is 2.94. The summed E-state index contributed by atoms with van der Waals surface area (Å²) in [6, 6.07) is 5.33. The maximum atomic E-state index is 13.3. The summed E-state index contributed by atoms with van der Waals surface area (Å²) >= 11 is 1.36. The Morgan fingerprint density at radius 1 is 1.27 bits per heavy atom. The molecular formula is C12H16F2S. The largest absolute Gasteiger partial charge is 0.271 e. The average molecular weight is 230 g/mol. The Labute approximate surface area is 94.1 Å². The van der Waals surface area contributed by atoms with Crippen LogP contribution < -0.4 is 0 Å². The van der Waals surface area contributed by atoms with Crippen LogP contribution in [0.1, 0.15) is 37.8 Å². The minimum Gasteiger partial charge on any atom is -0.202 e. The van der Waals surface area contributed by atoms with Gasteiger partial charge in [-0.1, -0.05) is 19.9 Å². The van der Waals surface area contributed by atoms with Crippen molar-refractivity contribution in [3.05, 3.63) is 29.3 Å². The van der Waals surface area contributed by atoms with E-state index in [2.05, 4.69) is 0 Å². The number of alkyl halides is 2. The third-order valence-electron chi connectivity index (χ3n) is 2.36. The van der Waals surface area contributed by atoms with E-state index in [1.54, 1.807) is 12.1 Å². The number of thioether (sulfide) groups is 1. The second kappa shape index (κ2) is 4.52. The van der Waals surface area contributed by atoms with Gasteiger partial charge in [0.05, 0.1) is 0 Å². The maximum absolute atomic E-state index is 13.3. The highest BCUT2D eigenvalue weighted by molar-refractivity contribution is 7.98. The Morgan fingerprint density at radius 2 is 1.87 bits per heavy atom. The first kappa shape index (κ1) is 12.5. The quantitative estimate of drug-likeness (QED) is 0.681. The van der Waals surface area contributed by atoms with Crippen LogP contribution in [-0.4, -0.2) is 6.26 Å². The number of hydrogen-bond donors (Lipinski definition) is 0. The lowest BCUT2D eigenvalue weighted by atomic mass is 9.99. The third-order valence-corrected chi connectivity index (χ3v) is 3.16. The second-order valence-electron chi connectivity index (χ2n) is 4.00. The van der Waals surface area contributed by atoms with Gasteiger partial charge in [-0.05, 0) is 29.9 Å². The second-order valence-corrected chi connectivity index (χ2v) is 4.85. The average Bonchev–Trinajstić information content (AvgIpc) is 2.15. The molecule has 0 amide bonds. The Bertz CT molecular complexity index is 340. The molecule has 0 radical (unpaired) electrons. The Balaban J connectivity index is 3.26. The van der Waals surface area contributed by atoms with Gasteiger partial charge in [0.25, 0.3) is 5.92 Å². The summed E-state index contributed by atoms with van der Waals surface area (Å²) in [7, 11) is 0.